The first-order valence-corrected chi connectivity index (χ1v) is 5.40. The van der Waals surface area contributed by atoms with E-state index in [1.165, 1.54) is 0 Å². The van der Waals surface area contributed by atoms with Crippen LogP contribution in [0.25, 0.3) is 0 Å². The van der Waals surface area contributed by atoms with Crippen LogP contribution in [0, 0.1) is 6.92 Å². The zero-order chi connectivity index (χ0) is 11.3. The maximum absolute atomic E-state index is 5.48. The molecule has 0 unspecified atom stereocenters. The highest BCUT2D eigenvalue weighted by atomic mass is 16.5. The van der Waals surface area contributed by atoms with E-state index in [-0.39, 0.29) is 0 Å². The molecule has 84 valence electrons. The van der Waals surface area contributed by atoms with Crippen molar-refractivity contribution < 1.29 is 4.74 Å². The lowest BCUT2D eigenvalue weighted by Gasteiger charge is -2.11. The summed E-state index contributed by atoms with van der Waals surface area (Å²) in [4.78, 5) is 8.81. The van der Waals surface area contributed by atoms with Crippen molar-refractivity contribution in [1.82, 2.24) is 9.97 Å². The predicted octanol–water partition coefficient (Wildman–Crippen LogP) is 2.18. The van der Waals surface area contributed by atoms with Crippen LogP contribution in [0.2, 0.25) is 0 Å². The van der Waals surface area contributed by atoms with E-state index in [4.69, 9.17) is 4.74 Å². The molecule has 0 amide bonds. The molecule has 15 heavy (non-hydrogen) atoms. The molecule has 4 heteroatoms. The van der Waals surface area contributed by atoms with Crippen molar-refractivity contribution in [1.29, 1.82) is 0 Å². The molecular weight excluding hydrogens is 190 g/mol. The van der Waals surface area contributed by atoms with Gasteiger partial charge < -0.3 is 10.1 Å². The molecule has 0 saturated heterocycles. The van der Waals surface area contributed by atoms with Crippen molar-refractivity contribution in [2.75, 3.05) is 19.0 Å². The van der Waals surface area contributed by atoms with Crippen molar-refractivity contribution in [3.8, 4) is 5.88 Å². The fourth-order valence-corrected chi connectivity index (χ4v) is 1.40. The lowest BCUT2D eigenvalue weighted by Crippen LogP contribution is -2.07. The van der Waals surface area contributed by atoms with Crippen molar-refractivity contribution in [3.63, 3.8) is 0 Å². The van der Waals surface area contributed by atoms with Gasteiger partial charge in [-0.05, 0) is 20.3 Å². The van der Waals surface area contributed by atoms with E-state index in [0.717, 1.165) is 30.0 Å². The van der Waals surface area contributed by atoms with Crippen LogP contribution in [0.3, 0.4) is 0 Å². The molecule has 1 aromatic heterocycles. The molecular formula is C11H19N3O. The van der Waals surface area contributed by atoms with Crippen molar-refractivity contribution in [2.45, 2.75) is 33.6 Å². The van der Waals surface area contributed by atoms with Crippen LogP contribution < -0.4 is 10.1 Å². The van der Waals surface area contributed by atoms with Crippen LogP contribution in [-0.4, -0.2) is 23.6 Å². The molecule has 0 saturated carbocycles. The van der Waals surface area contributed by atoms with Gasteiger partial charge >= 0.3 is 0 Å². The summed E-state index contributed by atoms with van der Waals surface area (Å²) in [5.41, 5.74) is 0.971. The minimum Gasteiger partial charge on any atom is -0.478 e. The van der Waals surface area contributed by atoms with E-state index in [0.29, 0.717) is 12.5 Å². The zero-order valence-corrected chi connectivity index (χ0v) is 9.92. The van der Waals surface area contributed by atoms with Gasteiger partial charge in [-0.3, -0.25) is 0 Å². The SMILES string of the molecule is CCCc1nc(NC)c(C)c(OCC)n1. The van der Waals surface area contributed by atoms with Gasteiger partial charge in [0, 0.05) is 13.5 Å². The number of aromatic nitrogens is 2. The molecule has 0 radical (unpaired) electrons. The summed E-state index contributed by atoms with van der Waals surface area (Å²) in [5, 5.41) is 3.06. The molecule has 1 aromatic rings. The van der Waals surface area contributed by atoms with Gasteiger partial charge in [-0.25, -0.2) is 4.98 Å². The topological polar surface area (TPSA) is 47.0 Å². The number of hydrogen-bond donors (Lipinski definition) is 1. The highest BCUT2D eigenvalue weighted by molar-refractivity contribution is 5.48. The normalized spacial score (nSPS) is 10.1. The zero-order valence-electron chi connectivity index (χ0n) is 9.92. The van der Waals surface area contributed by atoms with Crippen molar-refractivity contribution in [3.05, 3.63) is 11.4 Å². The van der Waals surface area contributed by atoms with E-state index in [1.54, 1.807) is 0 Å². The highest BCUT2D eigenvalue weighted by Crippen LogP contribution is 2.21. The van der Waals surface area contributed by atoms with Crippen LogP contribution in [0.1, 0.15) is 31.7 Å². The highest BCUT2D eigenvalue weighted by Gasteiger charge is 2.09. The molecule has 0 atom stereocenters. The van der Waals surface area contributed by atoms with Crippen LogP contribution in [0.4, 0.5) is 5.82 Å². The predicted molar refractivity (Wildman–Crippen MR) is 61.5 cm³/mol. The minimum atomic E-state index is 0.632. The molecule has 1 rings (SSSR count). The standard InChI is InChI=1S/C11H19N3O/c1-5-7-9-13-10(12-4)8(3)11(14-9)15-6-2/h5-7H2,1-4H3,(H,12,13,14). The van der Waals surface area contributed by atoms with E-state index in [9.17, 15) is 0 Å². The van der Waals surface area contributed by atoms with Gasteiger partial charge in [0.25, 0.3) is 0 Å². The lowest BCUT2D eigenvalue weighted by atomic mass is 10.3. The quantitative estimate of drug-likeness (QED) is 0.807. The van der Waals surface area contributed by atoms with E-state index in [2.05, 4.69) is 22.2 Å². The van der Waals surface area contributed by atoms with Gasteiger partial charge in [0.05, 0.1) is 12.2 Å². The maximum Gasteiger partial charge on any atom is 0.221 e. The fourth-order valence-electron chi connectivity index (χ4n) is 1.40. The maximum atomic E-state index is 5.48. The number of hydrogen-bond acceptors (Lipinski definition) is 4. The number of anilines is 1. The van der Waals surface area contributed by atoms with Gasteiger partial charge in [0.15, 0.2) is 0 Å². The smallest absolute Gasteiger partial charge is 0.221 e. The summed E-state index contributed by atoms with van der Waals surface area (Å²) >= 11 is 0. The van der Waals surface area contributed by atoms with Gasteiger partial charge in [0.1, 0.15) is 11.6 Å². The Hall–Kier alpha value is -1.32. The average molecular weight is 209 g/mol. The second kappa shape index (κ2) is 5.53. The number of aryl methyl sites for hydroxylation is 1. The van der Waals surface area contributed by atoms with Gasteiger partial charge in [-0.2, -0.15) is 4.98 Å². The second-order valence-corrected chi connectivity index (χ2v) is 3.35. The molecule has 0 bridgehead atoms. The number of rotatable bonds is 5. The van der Waals surface area contributed by atoms with Crippen molar-refractivity contribution in [2.24, 2.45) is 0 Å². The number of ether oxygens (including phenoxy) is 1. The summed E-state index contributed by atoms with van der Waals surface area (Å²) in [7, 11) is 1.86. The summed E-state index contributed by atoms with van der Waals surface area (Å²) in [6.45, 7) is 6.67. The molecule has 0 aliphatic carbocycles. The first-order chi connectivity index (χ1) is 7.22. The largest absolute Gasteiger partial charge is 0.478 e. The molecule has 0 aliphatic rings. The average Bonchev–Trinajstić information content (AvgIpc) is 2.23. The Morgan fingerprint density at radius 3 is 2.53 bits per heavy atom. The van der Waals surface area contributed by atoms with Crippen LogP contribution in [0.5, 0.6) is 5.88 Å². The van der Waals surface area contributed by atoms with Gasteiger partial charge in [-0.15, -0.1) is 0 Å². The van der Waals surface area contributed by atoms with Gasteiger partial charge in [0.2, 0.25) is 5.88 Å². The monoisotopic (exact) mass is 209 g/mol. The van der Waals surface area contributed by atoms with Crippen LogP contribution in [-0.2, 0) is 6.42 Å². The van der Waals surface area contributed by atoms with Gasteiger partial charge in [-0.1, -0.05) is 6.92 Å². The molecule has 0 aliphatic heterocycles. The van der Waals surface area contributed by atoms with Crippen LogP contribution in [0.15, 0.2) is 0 Å². The summed E-state index contributed by atoms with van der Waals surface area (Å²) in [6, 6.07) is 0. The third kappa shape index (κ3) is 2.81. The Labute approximate surface area is 91.1 Å². The lowest BCUT2D eigenvalue weighted by molar-refractivity contribution is 0.322. The minimum absolute atomic E-state index is 0.632. The Bertz CT molecular complexity index is 326. The molecule has 4 nitrogen and oxygen atoms in total. The number of nitrogens with zero attached hydrogens (tertiary/aromatic N) is 2. The third-order valence-electron chi connectivity index (χ3n) is 2.14. The first-order valence-electron chi connectivity index (χ1n) is 5.40. The Kier molecular flexibility index (Phi) is 4.34. The molecule has 0 aromatic carbocycles. The van der Waals surface area contributed by atoms with Crippen molar-refractivity contribution >= 4 is 5.82 Å². The first kappa shape index (κ1) is 11.8. The number of nitrogens with one attached hydrogen (secondary N) is 1. The van der Waals surface area contributed by atoms with E-state index < -0.39 is 0 Å². The second-order valence-electron chi connectivity index (χ2n) is 3.35. The summed E-state index contributed by atoms with van der Waals surface area (Å²) < 4.78 is 5.48. The Morgan fingerprint density at radius 2 is 2.00 bits per heavy atom. The summed E-state index contributed by atoms with van der Waals surface area (Å²) in [6.07, 6.45) is 1.92. The molecule has 0 spiro atoms. The van der Waals surface area contributed by atoms with Crippen LogP contribution >= 0.6 is 0 Å². The Balaban J connectivity index is 3.07. The van der Waals surface area contributed by atoms with E-state index >= 15 is 0 Å². The Morgan fingerprint density at radius 1 is 1.27 bits per heavy atom. The fraction of sp³-hybridized carbons (Fsp3) is 0.636. The molecule has 0 fully saturated rings. The molecule has 1 N–H and O–H groups in total. The van der Waals surface area contributed by atoms with E-state index in [1.807, 2.05) is 20.9 Å². The molecule has 1 heterocycles. The third-order valence-corrected chi connectivity index (χ3v) is 2.14. The summed E-state index contributed by atoms with van der Waals surface area (Å²) in [5.74, 6) is 2.40.